The highest BCUT2D eigenvalue weighted by Crippen LogP contribution is 2.28. The van der Waals surface area contributed by atoms with Gasteiger partial charge in [-0.3, -0.25) is 9.10 Å². The Morgan fingerprint density at radius 2 is 1.72 bits per heavy atom. The van der Waals surface area contributed by atoms with E-state index in [0.717, 1.165) is 28.7 Å². The van der Waals surface area contributed by atoms with E-state index in [-0.39, 0.29) is 5.91 Å². The molecule has 2 rings (SSSR count). The number of hydrogen-bond donors (Lipinski definition) is 0. The molecule has 0 aliphatic rings. The summed E-state index contributed by atoms with van der Waals surface area (Å²) in [7, 11) is -0.366. The van der Waals surface area contributed by atoms with Crippen molar-refractivity contribution in [2.45, 2.75) is 39.8 Å². The number of amides is 1. The van der Waals surface area contributed by atoms with Crippen molar-refractivity contribution in [3.05, 3.63) is 59.2 Å². The van der Waals surface area contributed by atoms with Crippen molar-refractivity contribution in [2.75, 3.05) is 24.7 Å². The predicted octanol–water partition coefficient (Wildman–Crippen LogP) is 3.52. The fraction of sp³-hybridized carbons (Fsp3) is 0.409. The molecule has 2 aromatic carbocycles. The Morgan fingerprint density at radius 3 is 2.24 bits per heavy atom. The molecule has 0 saturated carbocycles. The quantitative estimate of drug-likeness (QED) is 0.658. The van der Waals surface area contributed by atoms with Crippen LogP contribution in [-0.4, -0.2) is 45.7 Å². The molecule has 0 aliphatic carbocycles. The standard InChI is InChI=1S/C22H30N2O4S/c1-7-20(22(25)23(4)15-18-10-12-19(28-5)13-11-18)24(29(6,26)27)21-14-16(2)8-9-17(21)3/h8-14,20H,7,15H2,1-6H3. The number of aryl methyl sites for hydroxylation is 2. The fourth-order valence-corrected chi connectivity index (χ4v) is 4.57. The van der Waals surface area contributed by atoms with Crippen molar-refractivity contribution >= 4 is 21.6 Å². The normalized spacial score (nSPS) is 12.3. The predicted molar refractivity (Wildman–Crippen MR) is 117 cm³/mol. The molecule has 0 heterocycles. The Kier molecular flexibility index (Phi) is 7.30. The first-order valence-electron chi connectivity index (χ1n) is 9.53. The van der Waals surface area contributed by atoms with Crippen molar-refractivity contribution in [1.82, 2.24) is 4.90 Å². The SMILES string of the molecule is CCC(C(=O)N(C)Cc1ccc(OC)cc1)N(c1cc(C)ccc1C)S(C)(=O)=O. The third-order valence-electron chi connectivity index (χ3n) is 4.87. The molecule has 0 aliphatic heterocycles. The van der Waals surface area contributed by atoms with Crippen LogP contribution < -0.4 is 9.04 Å². The first kappa shape index (κ1) is 22.7. The van der Waals surface area contributed by atoms with E-state index in [4.69, 9.17) is 4.74 Å². The highest BCUT2D eigenvalue weighted by atomic mass is 32.2. The molecule has 0 aromatic heterocycles. The average Bonchev–Trinajstić information content (AvgIpc) is 2.67. The van der Waals surface area contributed by atoms with Crippen LogP contribution in [-0.2, 0) is 21.4 Å². The van der Waals surface area contributed by atoms with Gasteiger partial charge in [0.05, 0.1) is 19.1 Å². The van der Waals surface area contributed by atoms with Crippen LogP contribution in [0.1, 0.15) is 30.0 Å². The van der Waals surface area contributed by atoms with Crippen LogP contribution >= 0.6 is 0 Å². The fourth-order valence-electron chi connectivity index (χ4n) is 3.31. The Hall–Kier alpha value is -2.54. The van der Waals surface area contributed by atoms with E-state index in [1.807, 2.05) is 63.2 Å². The van der Waals surface area contributed by atoms with Gasteiger partial charge in [0.1, 0.15) is 11.8 Å². The topological polar surface area (TPSA) is 66.9 Å². The minimum atomic E-state index is -3.66. The lowest BCUT2D eigenvalue weighted by Gasteiger charge is -2.34. The smallest absolute Gasteiger partial charge is 0.246 e. The molecule has 1 unspecified atom stereocenters. The number of likely N-dealkylation sites (N-methyl/N-ethyl adjacent to an activating group) is 1. The second-order valence-corrected chi connectivity index (χ2v) is 9.17. The molecule has 0 radical (unpaired) electrons. The Balaban J connectivity index is 2.35. The number of anilines is 1. The second kappa shape index (κ2) is 9.31. The van der Waals surface area contributed by atoms with Crippen molar-refractivity contribution in [2.24, 2.45) is 0 Å². The number of carbonyl (C=O) groups excluding carboxylic acids is 1. The molecular formula is C22H30N2O4S. The first-order valence-corrected chi connectivity index (χ1v) is 11.4. The monoisotopic (exact) mass is 418 g/mol. The second-order valence-electron chi connectivity index (χ2n) is 7.32. The summed E-state index contributed by atoms with van der Waals surface area (Å²) in [6.45, 7) is 5.96. The van der Waals surface area contributed by atoms with Crippen LogP contribution in [0.5, 0.6) is 5.75 Å². The van der Waals surface area contributed by atoms with Crippen LogP contribution in [0.25, 0.3) is 0 Å². The number of hydrogen-bond acceptors (Lipinski definition) is 4. The number of rotatable bonds is 8. The Morgan fingerprint density at radius 1 is 1.10 bits per heavy atom. The van der Waals surface area contributed by atoms with Gasteiger partial charge in [0.15, 0.2) is 0 Å². The number of methoxy groups -OCH3 is 1. The lowest BCUT2D eigenvalue weighted by atomic mass is 10.1. The van der Waals surface area contributed by atoms with Crippen LogP contribution in [0.2, 0.25) is 0 Å². The van der Waals surface area contributed by atoms with Gasteiger partial charge in [-0.15, -0.1) is 0 Å². The summed E-state index contributed by atoms with van der Waals surface area (Å²) < 4.78 is 31.8. The average molecular weight is 419 g/mol. The summed E-state index contributed by atoms with van der Waals surface area (Å²) in [5, 5.41) is 0. The Bertz CT molecular complexity index is 955. The van der Waals surface area contributed by atoms with Crippen molar-refractivity contribution in [3.8, 4) is 5.75 Å². The van der Waals surface area contributed by atoms with E-state index in [1.54, 1.807) is 19.1 Å². The lowest BCUT2D eigenvalue weighted by molar-refractivity contribution is -0.131. The van der Waals surface area contributed by atoms with Gasteiger partial charge in [0, 0.05) is 13.6 Å². The van der Waals surface area contributed by atoms with Crippen molar-refractivity contribution in [3.63, 3.8) is 0 Å². The number of nitrogens with zero attached hydrogens (tertiary/aromatic N) is 2. The number of benzene rings is 2. The Labute approximate surface area is 174 Å². The van der Waals surface area contributed by atoms with Gasteiger partial charge in [0.2, 0.25) is 15.9 Å². The van der Waals surface area contributed by atoms with Gasteiger partial charge in [-0.2, -0.15) is 0 Å². The van der Waals surface area contributed by atoms with E-state index in [0.29, 0.717) is 18.7 Å². The maximum absolute atomic E-state index is 13.3. The minimum Gasteiger partial charge on any atom is -0.497 e. The van der Waals surface area contributed by atoms with E-state index in [2.05, 4.69) is 0 Å². The molecule has 0 bridgehead atoms. The van der Waals surface area contributed by atoms with Gasteiger partial charge < -0.3 is 9.64 Å². The van der Waals surface area contributed by atoms with Crippen molar-refractivity contribution < 1.29 is 17.9 Å². The van der Waals surface area contributed by atoms with Crippen LogP contribution in [0.15, 0.2) is 42.5 Å². The van der Waals surface area contributed by atoms with E-state index in [9.17, 15) is 13.2 Å². The third kappa shape index (κ3) is 5.50. The largest absolute Gasteiger partial charge is 0.497 e. The molecule has 2 aromatic rings. The molecule has 1 atom stereocenters. The molecule has 1 amide bonds. The summed E-state index contributed by atoms with van der Waals surface area (Å²) in [6, 6.07) is 12.3. The molecule has 158 valence electrons. The molecule has 0 N–H and O–H groups in total. The molecule has 0 spiro atoms. The molecule has 6 nitrogen and oxygen atoms in total. The molecule has 0 fully saturated rings. The van der Waals surface area contributed by atoms with Crippen molar-refractivity contribution in [1.29, 1.82) is 0 Å². The summed E-state index contributed by atoms with van der Waals surface area (Å²) in [5.41, 5.74) is 3.23. The third-order valence-corrected chi connectivity index (χ3v) is 6.04. The summed E-state index contributed by atoms with van der Waals surface area (Å²) in [6.07, 6.45) is 1.51. The van der Waals surface area contributed by atoms with Gasteiger partial charge in [-0.25, -0.2) is 8.42 Å². The summed E-state index contributed by atoms with van der Waals surface area (Å²) >= 11 is 0. The van der Waals surface area contributed by atoms with E-state index >= 15 is 0 Å². The maximum atomic E-state index is 13.3. The van der Waals surface area contributed by atoms with Crippen LogP contribution in [0.4, 0.5) is 5.69 Å². The lowest BCUT2D eigenvalue weighted by Crippen LogP contribution is -2.49. The van der Waals surface area contributed by atoms with Crippen LogP contribution in [0.3, 0.4) is 0 Å². The highest BCUT2D eigenvalue weighted by molar-refractivity contribution is 7.92. The zero-order valence-corrected chi connectivity index (χ0v) is 18.8. The van der Waals surface area contributed by atoms with Gasteiger partial charge >= 0.3 is 0 Å². The molecule has 0 saturated heterocycles. The zero-order chi connectivity index (χ0) is 21.8. The minimum absolute atomic E-state index is 0.241. The van der Waals surface area contributed by atoms with E-state index < -0.39 is 16.1 Å². The first-order chi connectivity index (χ1) is 13.6. The van der Waals surface area contributed by atoms with Crippen LogP contribution in [0, 0.1) is 13.8 Å². The summed E-state index contributed by atoms with van der Waals surface area (Å²) in [4.78, 5) is 14.8. The maximum Gasteiger partial charge on any atom is 0.246 e. The summed E-state index contributed by atoms with van der Waals surface area (Å²) in [5.74, 6) is 0.502. The zero-order valence-electron chi connectivity index (χ0n) is 18.0. The van der Waals surface area contributed by atoms with Gasteiger partial charge in [0.25, 0.3) is 0 Å². The van der Waals surface area contributed by atoms with E-state index in [1.165, 1.54) is 4.31 Å². The molecule has 29 heavy (non-hydrogen) atoms. The molecular weight excluding hydrogens is 388 g/mol. The number of carbonyl (C=O) groups is 1. The number of ether oxygens (including phenoxy) is 1. The number of sulfonamides is 1. The van der Waals surface area contributed by atoms with Gasteiger partial charge in [-0.1, -0.05) is 31.2 Å². The molecule has 7 heteroatoms. The van der Waals surface area contributed by atoms with Gasteiger partial charge in [-0.05, 0) is 55.2 Å². The highest BCUT2D eigenvalue weighted by Gasteiger charge is 2.34.